The Morgan fingerprint density at radius 2 is 1.88 bits per heavy atom. The molecule has 0 saturated heterocycles. The number of carboxylic acid groups (broad SMARTS) is 1. The maximum atomic E-state index is 10.6. The van der Waals surface area contributed by atoms with Gasteiger partial charge in [0.05, 0.1) is 12.0 Å². The zero-order chi connectivity index (χ0) is 12.1. The van der Waals surface area contributed by atoms with E-state index in [1.807, 2.05) is 45.0 Å². The first-order chi connectivity index (χ1) is 7.49. The second kappa shape index (κ2) is 5.66. The number of aryl methyl sites for hydroxylation is 1. The minimum atomic E-state index is -0.990. The van der Waals surface area contributed by atoms with Crippen LogP contribution in [0.4, 0.5) is 0 Å². The summed E-state index contributed by atoms with van der Waals surface area (Å²) in [5, 5.41) is 10.6. The fourth-order valence-corrected chi connectivity index (χ4v) is 1.62. The minimum Gasteiger partial charge on any atom is -0.544 e. The molecule has 0 bridgehead atoms. The van der Waals surface area contributed by atoms with Gasteiger partial charge in [0.2, 0.25) is 0 Å². The van der Waals surface area contributed by atoms with E-state index >= 15 is 0 Å². The van der Waals surface area contributed by atoms with Crippen molar-refractivity contribution in [2.75, 3.05) is 6.54 Å². The van der Waals surface area contributed by atoms with E-state index in [0.717, 1.165) is 17.0 Å². The first kappa shape index (κ1) is 12.7. The minimum absolute atomic E-state index is 0.0611. The van der Waals surface area contributed by atoms with Crippen LogP contribution in [-0.4, -0.2) is 18.6 Å². The van der Waals surface area contributed by atoms with Crippen molar-refractivity contribution in [1.29, 1.82) is 0 Å². The molecule has 0 aliphatic rings. The highest BCUT2D eigenvalue weighted by Gasteiger charge is 2.13. The van der Waals surface area contributed by atoms with Crippen molar-refractivity contribution in [3.8, 4) is 0 Å². The van der Waals surface area contributed by atoms with Crippen molar-refractivity contribution in [1.82, 2.24) is 0 Å². The predicted molar refractivity (Wildman–Crippen MR) is 60.9 cm³/mol. The van der Waals surface area contributed by atoms with Crippen LogP contribution < -0.4 is 10.0 Å². The molecule has 0 amide bonds. The van der Waals surface area contributed by atoms with Gasteiger partial charge in [0.15, 0.2) is 0 Å². The molecular weight excluding hydrogens is 202 g/mol. The van der Waals surface area contributed by atoms with E-state index in [9.17, 15) is 9.90 Å². The van der Waals surface area contributed by atoms with Gasteiger partial charge in [-0.2, -0.15) is 0 Å². The van der Waals surface area contributed by atoms with Crippen LogP contribution in [0.1, 0.15) is 25.0 Å². The van der Waals surface area contributed by atoms with E-state index in [1.165, 1.54) is 5.56 Å². The van der Waals surface area contributed by atoms with Crippen LogP contribution in [0.2, 0.25) is 0 Å². The maximum absolute atomic E-state index is 10.6. The molecule has 1 atom stereocenters. The molecule has 1 aromatic rings. The Bertz CT molecular complexity index is 343. The quantitative estimate of drug-likeness (QED) is 0.731. The third-order valence-electron chi connectivity index (χ3n) is 2.74. The van der Waals surface area contributed by atoms with E-state index in [-0.39, 0.29) is 12.6 Å². The first-order valence-electron chi connectivity index (χ1n) is 5.59. The Kier molecular flexibility index (Phi) is 4.50. The van der Waals surface area contributed by atoms with Crippen molar-refractivity contribution in [3.05, 3.63) is 35.4 Å². The SMILES string of the molecule is Cc1ccc(C[NH+](CC(=O)[O-])C(C)C)cc1. The molecule has 0 fully saturated rings. The largest absolute Gasteiger partial charge is 0.544 e. The smallest absolute Gasteiger partial charge is 0.118 e. The summed E-state index contributed by atoms with van der Waals surface area (Å²) in [6.07, 6.45) is 0. The van der Waals surface area contributed by atoms with Gasteiger partial charge < -0.3 is 14.8 Å². The second-order valence-corrected chi connectivity index (χ2v) is 4.52. The Morgan fingerprint density at radius 1 is 1.31 bits per heavy atom. The van der Waals surface area contributed by atoms with Gasteiger partial charge in [-0.15, -0.1) is 0 Å². The molecule has 1 N–H and O–H groups in total. The van der Waals surface area contributed by atoms with E-state index in [4.69, 9.17) is 0 Å². The number of carboxylic acids is 1. The number of hydrogen-bond acceptors (Lipinski definition) is 2. The Hall–Kier alpha value is -1.35. The van der Waals surface area contributed by atoms with Gasteiger partial charge in [0, 0.05) is 5.56 Å². The standard InChI is InChI=1S/C13H19NO2/c1-10(2)14(9-13(15)16)8-12-6-4-11(3)5-7-12/h4-7,10H,8-9H2,1-3H3,(H,15,16). The van der Waals surface area contributed by atoms with Crippen LogP contribution >= 0.6 is 0 Å². The van der Waals surface area contributed by atoms with E-state index in [1.54, 1.807) is 0 Å². The molecule has 0 aliphatic carbocycles. The highest BCUT2D eigenvalue weighted by Crippen LogP contribution is 2.01. The average molecular weight is 221 g/mol. The summed E-state index contributed by atoms with van der Waals surface area (Å²) < 4.78 is 0. The normalized spacial score (nSPS) is 12.8. The number of hydrogen-bond donors (Lipinski definition) is 1. The summed E-state index contributed by atoms with van der Waals surface area (Å²) in [6, 6.07) is 8.47. The van der Waals surface area contributed by atoms with Crippen LogP contribution in [0.15, 0.2) is 24.3 Å². The Labute approximate surface area is 96.7 Å². The number of benzene rings is 1. The first-order valence-corrected chi connectivity index (χ1v) is 5.59. The van der Waals surface area contributed by atoms with Gasteiger partial charge in [0.1, 0.15) is 13.1 Å². The molecule has 16 heavy (non-hydrogen) atoms. The fourth-order valence-electron chi connectivity index (χ4n) is 1.62. The summed E-state index contributed by atoms with van der Waals surface area (Å²) in [6.45, 7) is 6.87. The van der Waals surface area contributed by atoms with Gasteiger partial charge in [0.25, 0.3) is 0 Å². The molecule has 1 aromatic carbocycles. The molecule has 88 valence electrons. The molecule has 3 nitrogen and oxygen atoms in total. The molecular formula is C13H19NO2. The van der Waals surface area contributed by atoms with Crippen LogP contribution in [0, 0.1) is 6.92 Å². The fraction of sp³-hybridized carbons (Fsp3) is 0.462. The highest BCUT2D eigenvalue weighted by molar-refractivity contribution is 5.65. The summed E-state index contributed by atoms with van der Waals surface area (Å²) in [5.74, 6) is -0.990. The second-order valence-electron chi connectivity index (χ2n) is 4.52. The van der Waals surface area contributed by atoms with Crippen LogP contribution in [0.25, 0.3) is 0 Å². The van der Waals surface area contributed by atoms with Crippen LogP contribution in [-0.2, 0) is 11.3 Å². The number of rotatable bonds is 5. The lowest BCUT2D eigenvalue weighted by Crippen LogP contribution is -3.15. The van der Waals surface area contributed by atoms with E-state index < -0.39 is 5.97 Å². The zero-order valence-electron chi connectivity index (χ0n) is 10.1. The molecule has 1 rings (SSSR count). The van der Waals surface area contributed by atoms with Gasteiger partial charge in [-0.25, -0.2) is 0 Å². The van der Waals surface area contributed by atoms with Crippen molar-refractivity contribution in [3.63, 3.8) is 0 Å². The van der Waals surface area contributed by atoms with Gasteiger partial charge in [-0.3, -0.25) is 0 Å². The summed E-state index contributed by atoms with van der Waals surface area (Å²) in [7, 11) is 0. The molecule has 0 heterocycles. The summed E-state index contributed by atoms with van der Waals surface area (Å²) in [5.41, 5.74) is 2.38. The van der Waals surface area contributed by atoms with Crippen molar-refractivity contribution >= 4 is 5.97 Å². The number of quaternary nitrogens is 1. The molecule has 0 aliphatic heterocycles. The lowest BCUT2D eigenvalue weighted by molar-refractivity contribution is -0.929. The third-order valence-corrected chi connectivity index (χ3v) is 2.74. The van der Waals surface area contributed by atoms with Gasteiger partial charge in [-0.1, -0.05) is 29.8 Å². The highest BCUT2D eigenvalue weighted by atomic mass is 16.4. The lowest BCUT2D eigenvalue weighted by Gasteiger charge is -2.23. The van der Waals surface area contributed by atoms with Crippen molar-refractivity contribution in [2.24, 2.45) is 0 Å². The summed E-state index contributed by atoms with van der Waals surface area (Å²) in [4.78, 5) is 11.6. The van der Waals surface area contributed by atoms with Crippen molar-refractivity contribution < 1.29 is 14.8 Å². The lowest BCUT2D eigenvalue weighted by atomic mass is 10.1. The van der Waals surface area contributed by atoms with Gasteiger partial charge in [-0.05, 0) is 20.8 Å². The Morgan fingerprint density at radius 3 is 2.31 bits per heavy atom. The predicted octanol–water partition coefficient (Wildman–Crippen LogP) is -0.462. The van der Waals surface area contributed by atoms with Crippen LogP contribution in [0.3, 0.4) is 0 Å². The Balaban J connectivity index is 2.67. The summed E-state index contributed by atoms with van der Waals surface area (Å²) >= 11 is 0. The van der Waals surface area contributed by atoms with Gasteiger partial charge >= 0.3 is 0 Å². The number of nitrogens with one attached hydrogen (secondary N) is 1. The molecule has 0 saturated carbocycles. The topological polar surface area (TPSA) is 44.6 Å². The number of carbonyl (C=O) groups is 1. The molecule has 0 aromatic heterocycles. The van der Waals surface area contributed by atoms with Crippen LogP contribution in [0.5, 0.6) is 0 Å². The van der Waals surface area contributed by atoms with E-state index in [2.05, 4.69) is 0 Å². The zero-order valence-corrected chi connectivity index (χ0v) is 10.1. The molecule has 0 radical (unpaired) electrons. The molecule has 0 spiro atoms. The molecule has 1 unspecified atom stereocenters. The maximum Gasteiger partial charge on any atom is 0.118 e. The average Bonchev–Trinajstić information content (AvgIpc) is 2.19. The van der Waals surface area contributed by atoms with E-state index in [0.29, 0.717) is 0 Å². The third kappa shape index (κ3) is 4.03. The number of carbonyl (C=O) groups excluding carboxylic acids is 1. The van der Waals surface area contributed by atoms with Crippen molar-refractivity contribution in [2.45, 2.75) is 33.4 Å². The monoisotopic (exact) mass is 221 g/mol. The molecule has 3 heteroatoms. The number of aliphatic carboxylic acids is 1.